The second kappa shape index (κ2) is 8.52. The van der Waals surface area contributed by atoms with Gasteiger partial charge in [-0.25, -0.2) is 4.99 Å². The number of hydrogen-bond acceptors (Lipinski definition) is 2. The molecule has 0 aliphatic rings. The molecule has 0 unspecified atom stereocenters. The van der Waals surface area contributed by atoms with Gasteiger partial charge in [-0.2, -0.15) is 0 Å². The lowest BCUT2D eigenvalue weighted by Gasteiger charge is -2.13. The van der Waals surface area contributed by atoms with Gasteiger partial charge in [0.25, 0.3) is 0 Å². The number of ether oxygens (including phenoxy) is 1. The lowest BCUT2D eigenvalue weighted by atomic mass is 10.1. The first-order chi connectivity index (χ1) is 11.9. The highest BCUT2D eigenvalue weighted by Crippen LogP contribution is 2.32. The van der Waals surface area contributed by atoms with E-state index in [-0.39, 0.29) is 0 Å². The third-order valence-corrected chi connectivity index (χ3v) is 4.28. The minimum Gasteiger partial charge on any atom is -0.457 e. The molecule has 0 saturated carbocycles. The SMILES string of the molecule is C=C(CC)c1cccc(Oc2cc(C)c(N=CN(C)CC)cc2C)c1. The summed E-state index contributed by atoms with van der Waals surface area (Å²) in [7, 11) is 2.01. The van der Waals surface area contributed by atoms with Gasteiger partial charge in [0, 0.05) is 13.6 Å². The van der Waals surface area contributed by atoms with Crippen LogP contribution in [0.25, 0.3) is 5.57 Å². The van der Waals surface area contributed by atoms with Crippen molar-refractivity contribution in [1.29, 1.82) is 0 Å². The van der Waals surface area contributed by atoms with Crippen LogP contribution in [0.15, 0.2) is 48.0 Å². The molecule has 0 aliphatic carbocycles. The van der Waals surface area contributed by atoms with Crippen molar-refractivity contribution < 1.29 is 4.74 Å². The molecule has 3 heteroatoms. The van der Waals surface area contributed by atoms with Gasteiger partial charge in [-0.05, 0) is 73.7 Å². The maximum atomic E-state index is 6.12. The predicted octanol–water partition coefficient (Wildman–Crippen LogP) is 6.13. The van der Waals surface area contributed by atoms with E-state index in [1.807, 2.05) is 43.4 Å². The number of hydrogen-bond donors (Lipinski definition) is 0. The maximum Gasteiger partial charge on any atom is 0.130 e. The maximum absolute atomic E-state index is 6.12. The van der Waals surface area contributed by atoms with Gasteiger partial charge in [-0.3, -0.25) is 0 Å². The van der Waals surface area contributed by atoms with Gasteiger partial charge in [-0.15, -0.1) is 0 Å². The van der Waals surface area contributed by atoms with Crippen LogP contribution in [0.3, 0.4) is 0 Å². The van der Waals surface area contributed by atoms with Crippen molar-refractivity contribution >= 4 is 17.6 Å². The highest BCUT2D eigenvalue weighted by molar-refractivity contribution is 5.66. The Hall–Kier alpha value is -2.55. The molecule has 0 aromatic heterocycles. The van der Waals surface area contributed by atoms with E-state index in [0.29, 0.717) is 0 Å². The van der Waals surface area contributed by atoms with Gasteiger partial charge >= 0.3 is 0 Å². The average Bonchev–Trinajstić information content (AvgIpc) is 2.62. The quantitative estimate of drug-likeness (QED) is 0.449. The fraction of sp³-hybridized carbons (Fsp3) is 0.318. The molecule has 0 radical (unpaired) electrons. The molecule has 0 N–H and O–H groups in total. The zero-order valence-electron chi connectivity index (χ0n) is 16.0. The second-order valence-corrected chi connectivity index (χ2v) is 6.31. The summed E-state index contributed by atoms with van der Waals surface area (Å²) in [6.45, 7) is 13.3. The highest BCUT2D eigenvalue weighted by atomic mass is 16.5. The van der Waals surface area contributed by atoms with Crippen LogP contribution in [-0.2, 0) is 0 Å². The molecule has 0 heterocycles. The zero-order valence-corrected chi connectivity index (χ0v) is 16.0. The zero-order chi connectivity index (χ0) is 18.4. The predicted molar refractivity (Wildman–Crippen MR) is 108 cm³/mol. The van der Waals surface area contributed by atoms with Gasteiger partial charge in [0.05, 0.1) is 12.0 Å². The van der Waals surface area contributed by atoms with Crippen molar-refractivity contribution in [3.05, 3.63) is 59.7 Å². The van der Waals surface area contributed by atoms with Gasteiger partial charge in [0.1, 0.15) is 11.5 Å². The van der Waals surface area contributed by atoms with Crippen LogP contribution in [0.5, 0.6) is 11.5 Å². The smallest absolute Gasteiger partial charge is 0.130 e. The molecular formula is C22H28N2O. The molecule has 132 valence electrons. The summed E-state index contributed by atoms with van der Waals surface area (Å²) < 4.78 is 6.12. The van der Waals surface area contributed by atoms with Crippen molar-refractivity contribution in [3.63, 3.8) is 0 Å². The number of aryl methyl sites for hydroxylation is 2. The van der Waals surface area contributed by atoms with E-state index in [0.717, 1.165) is 52.4 Å². The Morgan fingerprint density at radius 3 is 2.60 bits per heavy atom. The molecular weight excluding hydrogens is 308 g/mol. The summed E-state index contributed by atoms with van der Waals surface area (Å²) in [5, 5.41) is 0. The Kier molecular flexibility index (Phi) is 6.40. The topological polar surface area (TPSA) is 24.8 Å². The standard InChI is InChI=1S/C22H28N2O/c1-7-16(3)19-10-9-11-20(14-19)25-22-13-17(4)21(12-18(22)5)23-15-24(6)8-2/h9-15H,3,7-8H2,1-2,4-6H3. The first kappa shape index (κ1) is 18.8. The van der Waals surface area contributed by atoms with Crippen LogP contribution >= 0.6 is 0 Å². The lowest BCUT2D eigenvalue weighted by Crippen LogP contribution is -2.14. The fourth-order valence-corrected chi connectivity index (χ4v) is 2.38. The van der Waals surface area contributed by atoms with Gasteiger partial charge in [-0.1, -0.05) is 25.6 Å². The molecule has 3 nitrogen and oxygen atoms in total. The number of rotatable bonds is 7. The number of aliphatic imine (C=N–C) groups is 1. The van der Waals surface area contributed by atoms with Crippen molar-refractivity contribution in [2.75, 3.05) is 13.6 Å². The molecule has 0 fully saturated rings. The summed E-state index contributed by atoms with van der Waals surface area (Å²) >= 11 is 0. The molecule has 0 aliphatic heterocycles. The third kappa shape index (κ3) is 4.96. The van der Waals surface area contributed by atoms with Crippen LogP contribution in [-0.4, -0.2) is 24.8 Å². The van der Waals surface area contributed by atoms with Crippen LogP contribution in [0.2, 0.25) is 0 Å². The summed E-state index contributed by atoms with van der Waals surface area (Å²) in [4.78, 5) is 6.61. The second-order valence-electron chi connectivity index (χ2n) is 6.31. The molecule has 25 heavy (non-hydrogen) atoms. The van der Waals surface area contributed by atoms with Crippen LogP contribution in [0, 0.1) is 13.8 Å². The monoisotopic (exact) mass is 336 g/mol. The van der Waals surface area contributed by atoms with Crippen molar-refractivity contribution in [2.45, 2.75) is 34.1 Å². The third-order valence-electron chi connectivity index (χ3n) is 4.28. The number of allylic oxidation sites excluding steroid dienone is 1. The Bertz CT molecular complexity index is 778. The van der Waals surface area contributed by atoms with Crippen LogP contribution in [0.4, 0.5) is 5.69 Å². The summed E-state index contributed by atoms with van der Waals surface area (Å²) in [6.07, 6.45) is 2.79. The molecule has 0 amide bonds. The van der Waals surface area contributed by atoms with Gasteiger partial charge in [0.2, 0.25) is 0 Å². The molecule has 2 aromatic carbocycles. The van der Waals surface area contributed by atoms with E-state index in [9.17, 15) is 0 Å². The van der Waals surface area contributed by atoms with E-state index in [4.69, 9.17) is 4.74 Å². The van der Waals surface area contributed by atoms with Crippen LogP contribution in [0.1, 0.15) is 37.0 Å². The average molecular weight is 336 g/mol. The number of nitrogens with zero attached hydrogens (tertiary/aromatic N) is 2. The first-order valence-corrected chi connectivity index (χ1v) is 8.76. The Morgan fingerprint density at radius 1 is 1.16 bits per heavy atom. The molecule has 2 aromatic rings. The van der Waals surface area contributed by atoms with E-state index >= 15 is 0 Å². The Morgan fingerprint density at radius 2 is 1.92 bits per heavy atom. The largest absolute Gasteiger partial charge is 0.457 e. The van der Waals surface area contributed by atoms with Gasteiger partial charge in [0.15, 0.2) is 0 Å². The molecule has 0 saturated heterocycles. The van der Waals surface area contributed by atoms with E-state index in [1.165, 1.54) is 0 Å². The highest BCUT2D eigenvalue weighted by Gasteiger charge is 2.07. The summed E-state index contributed by atoms with van der Waals surface area (Å²) in [6, 6.07) is 12.2. The Labute approximate surface area is 151 Å². The van der Waals surface area contributed by atoms with E-state index in [2.05, 4.69) is 50.5 Å². The van der Waals surface area contributed by atoms with Crippen LogP contribution < -0.4 is 4.74 Å². The molecule has 2 rings (SSSR count). The molecule has 0 spiro atoms. The normalized spacial score (nSPS) is 10.9. The minimum absolute atomic E-state index is 0.830. The minimum atomic E-state index is 0.830. The first-order valence-electron chi connectivity index (χ1n) is 8.76. The van der Waals surface area contributed by atoms with Gasteiger partial charge < -0.3 is 9.64 Å². The lowest BCUT2D eigenvalue weighted by molar-refractivity contribution is 0.478. The molecule has 0 bridgehead atoms. The Balaban J connectivity index is 2.25. The van der Waals surface area contributed by atoms with Crippen molar-refractivity contribution in [3.8, 4) is 11.5 Å². The van der Waals surface area contributed by atoms with Crippen molar-refractivity contribution in [1.82, 2.24) is 4.90 Å². The van der Waals surface area contributed by atoms with E-state index in [1.54, 1.807) is 0 Å². The summed E-state index contributed by atoms with van der Waals surface area (Å²) in [5.41, 5.74) is 5.37. The number of benzene rings is 2. The van der Waals surface area contributed by atoms with Crippen molar-refractivity contribution in [2.24, 2.45) is 4.99 Å². The fourth-order valence-electron chi connectivity index (χ4n) is 2.38. The summed E-state index contributed by atoms with van der Waals surface area (Å²) in [5.74, 6) is 1.69. The van der Waals surface area contributed by atoms with E-state index < -0.39 is 0 Å². The molecule has 0 atom stereocenters.